The number of amides is 1. The van der Waals surface area contributed by atoms with Crippen molar-refractivity contribution in [2.75, 3.05) is 26.6 Å². The monoisotopic (exact) mass is 412 g/mol. The van der Waals surface area contributed by atoms with Gasteiger partial charge in [-0.3, -0.25) is 14.9 Å². The van der Waals surface area contributed by atoms with Crippen LogP contribution in [0.15, 0.2) is 30.5 Å². The van der Waals surface area contributed by atoms with Crippen molar-refractivity contribution >= 4 is 23.5 Å². The molecule has 0 unspecified atom stereocenters. The smallest absolute Gasteiger partial charge is 0.306 e. The summed E-state index contributed by atoms with van der Waals surface area (Å²) in [4.78, 5) is 27.7. The van der Waals surface area contributed by atoms with Gasteiger partial charge in [0.25, 0.3) is 5.91 Å². The van der Waals surface area contributed by atoms with Gasteiger partial charge in [-0.05, 0) is 29.8 Å². The third kappa shape index (κ3) is 3.59. The van der Waals surface area contributed by atoms with Gasteiger partial charge < -0.3 is 18.9 Å². The quantitative estimate of drug-likeness (QED) is 0.612. The van der Waals surface area contributed by atoms with Gasteiger partial charge in [0.2, 0.25) is 11.7 Å². The second-order valence-corrected chi connectivity index (χ2v) is 6.58. The van der Waals surface area contributed by atoms with Crippen LogP contribution in [-0.4, -0.2) is 53.9 Å². The normalized spacial score (nSPS) is 15.7. The summed E-state index contributed by atoms with van der Waals surface area (Å²) in [5.41, 5.74) is 2.20. The molecule has 10 heteroatoms. The summed E-state index contributed by atoms with van der Waals surface area (Å²) in [6.45, 7) is 0. The van der Waals surface area contributed by atoms with Crippen LogP contribution in [-0.2, 0) is 14.3 Å². The molecule has 0 saturated carbocycles. The lowest BCUT2D eigenvalue weighted by molar-refractivity contribution is -0.146. The average molecular weight is 412 g/mol. The van der Waals surface area contributed by atoms with Crippen LogP contribution >= 0.6 is 0 Å². The predicted octanol–water partition coefficient (Wildman–Crippen LogP) is 2.07. The van der Waals surface area contributed by atoms with Crippen LogP contribution in [0.1, 0.15) is 12.8 Å². The first-order chi connectivity index (χ1) is 14.5. The molecule has 0 bridgehead atoms. The molecule has 1 aromatic carbocycles. The van der Waals surface area contributed by atoms with E-state index in [1.54, 1.807) is 38.1 Å². The Labute approximate surface area is 171 Å². The van der Waals surface area contributed by atoms with Crippen molar-refractivity contribution in [2.24, 2.45) is 0 Å². The number of benzene rings is 1. The summed E-state index contributed by atoms with van der Waals surface area (Å²) in [6, 6.07) is 7.30. The number of hydrogen-bond donors (Lipinski definition) is 1. The molecule has 1 fully saturated rings. The van der Waals surface area contributed by atoms with Crippen LogP contribution in [0.2, 0.25) is 0 Å². The molecule has 10 nitrogen and oxygen atoms in total. The number of carbonyl (C=O) groups is 2. The molecule has 30 heavy (non-hydrogen) atoms. The maximum Gasteiger partial charge on any atom is 0.306 e. The van der Waals surface area contributed by atoms with Crippen molar-refractivity contribution in [1.82, 2.24) is 14.6 Å². The highest BCUT2D eigenvalue weighted by Gasteiger charge is 2.30. The van der Waals surface area contributed by atoms with Gasteiger partial charge in [0.1, 0.15) is 0 Å². The van der Waals surface area contributed by atoms with Gasteiger partial charge in [-0.25, -0.2) is 4.52 Å². The second-order valence-electron chi connectivity index (χ2n) is 6.58. The summed E-state index contributed by atoms with van der Waals surface area (Å²) >= 11 is 0. The Morgan fingerprint density at radius 2 is 1.87 bits per heavy atom. The third-order valence-corrected chi connectivity index (χ3v) is 4.74. The zero-order valence-electron chi connectivity index (χ0n) is 16.7. The number of carbonyl (C=O) groups excluding carboxylic acids is 2. The molecule has 0 radical (unpaired) electrons. The second kappa shape index (κ2) is 7.90. The molecule has 0 aliphatic carbocycles. The number of nitrogens with one attached hydrogen (secondary N) is 1. The van der Waals surface area contributed by atoms with Crippen LogP contribution in [0.25, 0.3) is 16.8 Å². The number of anilines is 1. The standard InChI is InChI=1S/C20H20N4O6/c1-27-14-8-12(9-15(28-2)18(14)29-3)11-4-6-16-21-20(23-24(16)10-11)22-19(26)13-5-7-17(25)30-13/h4,6,8-10,13H,5,7H2,1-3H3,(H,22,23,26)/t13-/m0/s1. The van der Waals surface area contributed by atoms with E-state index in [1.807, 2.05) is 18.2 Å². The maximum atomic E-state index is 12.2. The molecule has 3 heterocycles. The first-order valence-electron chi connectivity index (χ1n) is 9.19. The lowest BCUT2D eigenvalue weighted by Crippen LogP contribution is -2.27. The van der Waals surface area contributed by atoms with E-state index in [-0.39, 0.29) is 18.3 Å². The lowest BCUT2D eigenvalue weighted by atomic mass is 10.1. The maximum absolute atomic E-state index is 12.2. The first kappa shape index (κ1) is 19.5. The fourth-order valence-corrected chi connectivity index (χ4v) is 3.26. The third-order valence-electron chi connectivity index (χ3n) is 4.74. The van der Waals surface area contributed by atoms with Gasteiger partial charge in [0.15, 0.2) is 23.3 Å². The Bertz CT molecular complexity index is 1100. The van der Waals surface area contributed by atoms with Crippen molar-refractivity contribution in [3.8, 4) is 28.4 Å². The Morgan fingerprint density at radius 1 is 1.13 bits per heavy atom. The fourth-order valence-electron chi connectivity index (χ4n) is 3.26. The minimum Gasteiger partial charge on any atom is -0.493 e. The number of pyridine rings is 1. The van der Waals surface area contributed by atoms with E-state index in [0.717, 1.165) is 11.1 Å². The van der Waals surface area contributed by atoms with Crippen molar-refractivity contribution in [1.29, 1.82) is 0 Å². The lowest BCUT2D eigenvalue weighted by Gasteiger charge is -2.14. The van der Waals surface area contributed by atoms with Crippen LogP contribution in [0.5, 0.6) is 17.2 Å². The zero-order chi connectivity index (χ0) is 21.3. The number of rotatable bonds is 6. The molecule has 4 rings (SSSR count). The zero-order valence-corrected chi connectivity index (χ0v) is 16.7. The van der Waals surface area contributed by atoms with Crippen LogP contribution in [0.3, 0.4) is 0 Å². The van der Waals surface area contributed by atoms with E-state index in [0.29, 0.717) is 29.3 Å². The van der Waals surface area contributed by atoms with Crippen LogP contribution < -0.4 is 19.5 Å². The van der Waals surface area contributed by atoms with Crippen LogP contribution in [0, 0.1) is 0 Å². The minimum absolute atomic E-state index is 0.130. The number of esters is 1. The van der Waals surface area contributed by atoms with Gasteiger partial charge in [-0.2, -0.15) is 4.98 Å². The van der Waals surface area contributed by atoms with E-state index < -0.39 is 12.0 Å². The predicted molar refractivity (Wildman–Crippen MR) is 106 cm³/mol. The Hall–Kier alpha value is -3.82. The van der Waals surface area contributed by atoms with Gasteiger partial charge in [0, 0.05) is 24.6 Å². The van der Waals surface area contributed by atoms with E-state index in [4.69, 9.17) is 18.9 Å². The summed E-state index contributed by atoms with van der Waals surface area (Å²) in [5, 5.41) is 6.88. The van der Waals surface area contributed by atoms with E-state index in [2.05, 4.69) is 15.4 Å². The van der Waals surface area contributed by atoms with E-state index >= 15 is 0 Å². The fraction of sp³-hybridized carbons (Fsp3) is 0.300. The number of methoxy groups -OCH3 is 3. The van der Waals surface area contributed by atoms with E-state index in [9.17, 15) is 9.59 Å². The highest BCUT2D eigenvalue weighted by molar-refractivity contribution is 5.95. The summed E-state index contributed by atoms with van der Waals surface area (Å²) in [5.74, 6) is 0.872. The molecule has 1 saturated heterocycles. The average Bonchev–Trinajstić information content (AvgIpc) is 3.37. The topological polar surface area (TPSA) is 113 Å². The largest absolute Gasteiger partial charge is 0.493 e. The molecule has 1 amide bonds. The number of hydrogen-bond acceptors (Lipinski definition) is 8. The van der Waals surface area contributed by atoms with E-state index in [1.165, 1.54) is 0 Å². The van der Waals surface area contributed by atoms with Crippen molar-refractivity contribution in [3.63, 3.8) is 0 Å². The van der Waals surface area contributed by atoms with Crippen molar-refractivity contribution < 1.29 is 28.5 Å². The number of cyclic esters (lactones) is 1. The summed E-state index contributed by atoms with van der Waals surface area (Å²) < 4.78 is 22.7. The number of nitrogens with zero attached hydrogens (tertiary/aromatic N) is 3. The Kier molecular flexibility index (Phi) is 5.13. The molecule has 3 aromatic rings. The molecule has 1 aliphatic heterocycles. The molecule has 156 valence electrons. The molecule has 0 spiro atoms. The Balaban J connectivity index is 1.63. The van der Waals surface area contributed by atoms with Crippen molar-refractivity contribution in [2.45, 2.75) is 18.9 Å². The van der Waals surface area contributed by atoms with Gasteiger partial charge >= 0.3 is 5.97 Å². The number of aromatic nitrogens is 3. The molecule has 1 atom stereocenters. The first-order valence-corrected chi connectivity index (χ1v) is 9.19. The van der Waals surface area contributed by atoms with Gasteiger partial charge in [-0.1, -0.05) is 0 Å². The highest BCUT2D eigenvalue weighted by atomic mass is 16.6. The molecular weight excluding hydrogens is 392 g/mol. The highest BCUT2D eigenvalue weighted by Crippen LogP contribution is 2.41. The summed E-state index contributed by atoms with van der Waals surface area (Å²) in [6.07, 6.45) is 1.55. The number of fused-ring (bicyclic) bond motifs is 1. The van der Waals surface area contributed by atoms with Gasteiger partial charge in [-0.15, -0.1) is 5.10 Å². The molecule has 1 aliphatic rings. The molecule has 2 aromatic heterocycles. The number of ether oxygens (including phenoxy) is 4. The molecular formula is C20H20N4O6. The molecule has 1 N–H and O–H groups in total. The Morgan fingerprint density at radius 3 is 2.47 bits per heavy atom. The van der Waals surface area contributed by atoms with Gasteiger partial charge in [0.05, 0.1) is 21.3 Å². The SMILES string of the molecule is COc1cc(-c2ccc3nc(NC(=O)[C@@H]4CCC(=O)O4)nn3c2)cc(OC)c1OC. The minimum atomic E-state index is -0.807. The van der Waals surface area contributed by atoms with Crippen LogP contribution in [0.4, 0.5) is 5.95 Å². The summed E-state index contributed by atoms with van der Waals surface area (Å²) in [7, 11) is 4.65. The van der Waals surface area contributed by atoms with Crippen molar-refractivity contribution in [3.05, 3.63) is 30.5 Å².